The van der Waals surface area contributed by atoms with Crippen LogP contribution >= 0.6 is 11.6 Å². The number of nitrogens with zero attached hydrogens (tertiary/aromatic N) is 2. The van der Waals surface area contributed by atoms with E-state index in [2.05, 4.69) is 4.99 Å². The van der Waals surface area contributed by atoms with Crippen LogP contribution in [0.4, 0.5) is 0 Å². The summed E-state index contributed by atoms with van der Waals surface area (Å²) in [4.78, 5) is 5.97. The summed E-state index contributed by atoms with van der Waals surface area (Å²) in [6.07, 6.45) is 1.86. The molecule has 4 heteroatoms. The fourth-order valence-electron chi connectivity index (χ4n) is 1.26. The molecule has 3 nitrogen and oxygen atoms in total. The Kier molecular flexibility index (Phi) is 2.20. The highest BCUT2D eigenvalue weighted by Crippen LogP contribution is 2.01. The van der Waals surface area contributed by atoms with Crippen molar-refractivity contribution in [2.24, 2.45) is 4.99 Å². The number of halogens is 1. The number of aliphatic hydroxyl groups excluding tert-OH is 1. The molecule has 1 aliphatic rings. The van der Waals surface area contributed by atoms with E-state index in [0.29, 0.717) is 11.7 Å². The van der Waals surface area contributed by atoms with Gasteiger partial charge in [-0.05, 0) is 18.2 Å². The minimum absolute atomic E-state index is 0.0184. The molecule has 2 rings (SSSR count). The highest BCUT2D eigenvalue weighted by Gasteiger charge is 2.01. The van der Waals surface area contributed by atoms with Crippen molar-refractivity contribution in [3.63, 3.8) is 0 Å². The maximum Gasteiger partial charge on any atom is 0.116 e. The second-order valence-corrected chi connectivity index (χ2v) is 3.30. The van der Waals surface area contributed by atoms with Crippen LogP contribution in [-0.2, 0) is 0 Å². The van der Waals surface area contributed by atoms with Crippen LogP contribution in [0.25, 0.3) is 6.20 Å². The molecule has 1 N–H and O–H groups in total. The van der Waals surface area contributed by atoms with Crippen molar-refractivity contribution in [3.05, 3.63) is 33.8 Å². The van der Waals surface area contributed by atoms with Crippen molar-refractivity contribution in [1.29, 1.82) is 0 Å². The average molecular weight is 197 g/mol. The van der Waals surface area contributed by atoms with Crippen LogP contribution in [0.1, 0.15) is 0 Å². The fraction of sp³-hybridized carbons (Fsp3) is 0.222. The van der Waals surface area contributed by atoms with Gasteiger partial charge in [-0.2, -0.15) is 0 Å². The molecule has 0 aliphatic carbocycles. The molecule has 0 atom stereocenters. The van der Waals surface area contributed by atoms with E-state index in [9.17, 15) is 0 Å². The van der Waals surface area contributed by atoms with Gasteiger partial charge in [-0.3, -0.25) is 4.99 Å². The van der Waals surface area contributed by atoms with Gasteiger partial charge in [-0.15, -0.1) is 0 Å². The number of fused-ring (bicyclic) bond motifs is 1. The van der Waals surface area contributed by atoms with Crippen molar-refractivity contribution in [3.8, 4) is 0 Å². The third kappa shape index (κ3) is 1.66. The first kappa shape index (κ1) is 8.53. The molecule has 0 saturated carbocycles. The van der Waals surface area contributed by atoms with Gasteiger partial charge in [0.05, 0.1) is 5.36 Å². The van der Waals surface area contributed by atoms with Crippen molar-refractivity contribution in [2.45, 2.75) is 0 Å². The lowest BCUT2D eigenvalue weighted by atomic mass is 10.3. The van der Waals surface area contributed by atoms with Crippen molar-refractivity contribution in [2.75, 3.05) is 13.4 Å². The lowest BCUT2D eigenvalue weighted by Crippen LogP contribution is -2.36. The van der Waals surface area contributed by atoms with Gasteiger partial charge in [0.1, 0.15) is 13.4 Å². The summed E-state index contributed by atoms with van der Waals surface area (Å²) in [7, 11) is 0. The standard InChI is InChI=1S/C9H9ClN2O/c10-8-1-2-9-7(3-8)4-12(6-13)5-11-9/h1-4,13H,5-6H2. The third-order valence-corrected chi connectivity index (χ3v) is 2.15. The Morgan fingerprint density at radius 2 is 2.38 bits per heavy atom. The molecule has 1 aromatic carbocycles. The van der Waals surface area contributed by atoms with E-state index in [0.717, 1.165) is 10.6 Å². The Hall–Kier alpha value is -1.06. The normalized spacial score (nSPS) is 14.5. The Morgan fingerprint density at radius 1 is 1.54 bits per heavy atom. The van der Waals surface area contributed by atoms with E-state index in [1.807, 2.05) is 24.4 Å². The number of rotatable bonds is 1. The zero-order valence-electron chi connectivity index (χ0n) is 6.94. The van der Waals surface area contributed by atoms with E-state index in [-0.39, 0.29) is 6.73 Å². The van der Waals surface area contributed by atoms with E-state index in [1.54, 1.807) is 4.90 Å². The highest BCUT2D eigenvalue weighted by atomic mass is 35.5. The number of benzene rings is 1. The predicted molar refractivity (Wildman–Crippen MR) is 50.5 cm³/mol. The second-order valence-electron chi connectivity index (χ2n) is 2.86. The maximum atomic E-state index is 8.89. The van der Waals surface area contributed by atoms with Gasteiger partial charge in [0, 0.05) is 16.4 Å². The first-order valence-corrected chi connectivity index (χ1v) is 4.34. The molecule has 1 heterocycles. The zero-order valence-corrected chi connectivity index (χ0v) is 7.70. The van der Waals surface area contributed by atoms with E-state index in [4.69, 9.17) is 16.7 Å². The molecule has 1 aromatic rings. The quantitative estimate of drug-likeness (QED) is 0.682. The molecule has 68 valence electrons. The SMILES string of the molecule is OCN1C=c2cc(Cl)ccc2=NC1. The summed E-state index contributed by atoms with van der Waals surface area (Å²) >= 11 is 5.82. The molecule has 0 amide bonds. The maximum absolute atomic E-state index is 8.89. The molecule has 0 radical (unpaired) electrons. The average Bonchev–Trinajstić information content (AvgIpc) is 2.16. The summed E-state index contributed by atoms with van der Waals surface area (Å²) in [5.41, 5.74) is 0. The molecule has 0 saturated heterocycles. The molecule has 0 aromatic heterocycles. The molecule has 1 aliphatic heterocycles. The van der Waals surface area contributed by atoms with Gasteiger partial charge in [0.25, 0.3) is 0 Å². The largest absolute Gasteiger partial charge is 0.376 e. The monoisotopic (exact) mass is 196 g/mol. The van der Waals surface area contributed by atoms with Crippen LogP contribution in [-0.4, -0.2) is 23.4 Å². The molecule has 0 unspecified atom stereocenters. The van der Waals surface area contributed by atoms with Crippen molar-refractivity contribution < 1.29 is 5.11 Å². The summed E-state index contributed by atoms with van der Waals surface area (Å²) in [6.45, 7) is 0.487. The van der Waals surface area contributed by atoms with Gasteiger partial charge in [-0.25, -0.2) is 0 Å². The Balaban J connectivity index is 2.58. The van der Waals surface area contributed by atoms with Gasteiger partial charge in [-0.1, -0.05) is 11.6 Å². The van der Waals surface area contributed by atoms with Gasteiger partial charge in [0.15, 0.2) is 0 Å². The summed E-state index contributed by atoms with van der Waals surface area (Å²) in [6, 6.07) is 5.53. The first-order chi connectivity index (χ1) is 6.29. The molecule has 0 spiro atoms. The Morgan fingerprint density at radius 3 is 3.15 bits per heavy atom. The minimum atomic E-state index is -0.0184. The van der Waals surface area contributed by atoms with Gasteiger partial charge < -0.3 is 10.0 Å². The van der Waals surface area contributed by atoms with Crippen molar-refractivity contribution >= 4 is 17.8 Å². The van der Waals surface area contributed by atoms with Crippen LogP contribution in [0.15, 0.2) is 23.2 Å². The molecular formula is C9H9ClN2O. The molecule has 0 fully saturated rings. The summed E-state index contributed by atoms with van der Waals surface area (Å²) in [5, 5.41) is 11.4. The van der Waals surface area contributed by atoms with E-state index in [1.165, 1.54) is 0 Å². The highest BCUT2D eigenvalue weighted by molar-refractivity contribution is 6.30. The minimum Gasteiger partial charge on any atom is -0.376 e. The fourth-order valence-corrected chi connectivity index (χ4v) is 1.44. The third-order valence-electron chi connectivity index (χ3n) is 1.92. The Labute approximate surface area is 80.6 Å². The second kappa shape index (κ2) is 3.36. The van der Waals surface area contributed by atoms with Gasteiger partial charge in [0.2, 0.25) is 0 Å². The predicted octanol–water partition coefficient (Wildman–Crippen LogP) is -0.0795. The van der Waals surface area contributed by atoms with Gasteiger partial charge >= 0.3 is 0 Å². The molecular weight excluding hydrogens is 188 g/mol. The molecule has 0 bridgehead atoms. The van der Waals surface area contributed by atoms with Crippen LogP contribution in [0.2, 0.25) is 5.02 Å². The first-order valence-electron chi connectivity index (χ1n) is 3.96. The van der Waals surface area contributed by atoms with Crippen LogP contribution in [0.5, 0.6) is 0 Å². The summed E-state index contributed by atoms with van der Waals surface area (Å²) < 4.78 is 0. The Bertz CT molecular complexity index is 430. The number of hydrogen-bond acceptors (Lipinski definition) is 3. The van der Waals surface area contributed by atoms with E-state index < -0.39 is 0 Å². The zero-order chi connectivity index (χ0) is 9.26. The smallest absolute Gasteiger partial charge is 0.116 e. The van der Waals surface area contributed by atoms with Crippen LogP contribution in [0, 0.1) is 0 Å². The lowest BCUT2D eigenvalue weighted by Gasteiger charge is -2.16. The topological polar surface area (TPSA) is 35.8 Å². The number of aliphatic hydroxyl groups is 1. The molecule has 13 heavy (non-hydrogen) atoms. The van der Waals surface area contributed by atoms with Crippen molar-refractivity contribution in [1.82, 2.24) is 4.90 Å². The van der Waals surface area contributed by atoms with Crippen LogP contribution < -0.4 is 10.6 Å². The van der Waals surface area contributed by atoms with Crippen LogP contribution in [0.3, 0.4) is 0 Å². The summed E-state index contributed by atoms with van der Waals surface area (Å²) in [5.74, 6) is 0. The number of hydrogen-bond donors (Lipinski definition) is 1. The van der Waals surface area contributed by atoms with E-state index >= 15 is 0 Å². The lowest BCUT2D eigenvalue weighted by molar-refractivity contribution is 0.166.